The Labute approximate surface area is 175 Å². The van der Waals surface area contributed by atoms with Crippen LogP contribution in [0.15, 0.2) is 53.4 Å². The number of carbonyl (C=O) groups is 2. The van der Waals surface area contributed by atoms with Crippen molar-refractivity contribution in [2.45, 2.75) is 24.7 Å². The van der Waals surface area contributed by atoms with Crippen molar-refractivity contribution in [2.75, 3.05) is 29.3 Å². The summed E-state index contributed by atoms with van der Waals surface area (Å²) >= 11 is 0. The van der Waals surface area contributed by atoms with Crippen LogP contribution in [0.1, 0.15) is 30.1 Å². The fourth-order valence-corrected chi connectivity index (χ4v) is 4.58. The van der Waals surface area contributed by atoms with E-state index >= 15 is 0 Å². The molecule has 0 bridgehead atoms. The minimum absolute atomic E-state index is 0.0345. The molecule has 0 saturated carbocycles. The fraction of sp³-hybridized carbons (Fsp3) is 0.333. The van der Waals surface area contributed by atoms with Crippen LogP contribution >= 0.6 is 0 Å². The van der Waals surface area contributed by atoms with Crippen LogP contribution in [0.3, 0.4) is 0 Å². The third kappa shape index (κ3) is 4.91. The fourth-order valence-electron chi connectivity index (χ4n) is 3.51. The molecule has 0 radical (unpaired) electrons. The highest BCUT2D eigenvalue weighted by Gasteiger charge is 2.29. The first kappa shape index (κ1) is 21.6. The predicted octanol–water partition coefficient (Wildman–Crippen LogP) is 2.97. The summed E-state index contributed by atoms with van der Waals surface area (Å²) < 4.78 is 32.6. The maximum atomic E-state index is 12.5. The second kappa shape index (κ2) is 9.17. The van der Waals surface area contributed by atoms with Crippen molar-refractivity contribution >= 4 is 33.3 Å². The minimum Gasteiger partial charge on any atom is -0.478 e. The Balaban J connectivity index is 1.85. The Bertz CT molecular complexity index is 1020. The van der Waals surface area contributed by atoms with E-state index in [2.05, 4.69) is 4.72 Å². The second-order valence-electron chi connectivity index (χ2n) is 6.99. The number of hydrogen-bond donors (Lipinski definition) is 2. The van der Waals surface area contributed by atoms with Gasteiger partial charge in [0.15, 0.2) is 0 Å². The van der Waals surface area contributed by atoms with Crippen molar-refractivity contribution in [1.82, 2.24) is 0 Å². The Kier molecular flexibility index (Phi) is 6.61. The number of esters is 1. The van der Waals surface area contributed by atoms with Gasteiger partial charge in [-0.2, -0.15) is 0 Å². The number of benzene rings is 2. The van der Waals surface area contributed by atoms with E-state index in [0.717, 1.165) is 6.42 Å². The highest BCUT2D eigenvalue weighted by molar-refractivity contribution is 7.92. The van der Waals surface area contributed by atoms with Crippen LogP contribution in [-0.4, -0.2) is 45.2 Å². The Morgan fingerprint density at radius 2 is 1.93 bits per heavy atom. The standard InChI is InChI=1S/C21H24N2O6S/c1-2-29-21(26)15-7-6-12-23(14-15)19-11-10-16(13-18(19)20(24)25)22-30(27,28)17-8-4-3-5-9-17/h3-5,8-11,13,15,22H,2,6-7,12,14H2,1H3,(H,24,25)/t15-/m0/s1. The summed E-state index contributed by atoms with van der Waals surface area (Å²) in [5, 5.41) is 9.70. The molecular formula is C21H24N2O6S. The number of carboxylic acids is 1. The van der Waals surface area contributed by atoms with E-state index in [0.29, 0.717) is 31.8 Å². The van der Waals surface area contributed by atoms with E-state index in [-0.39, 0.29) is 28.0 Å². The molecule has 0 unspecified atom stereocenters. The molecule has 1 saturated heterocycles. The molecule has 2 aromatic carbocycles. The zero-order valence-corrected chi connectivity index (χ0v) is 17.4. The lowest BCUT2D eigenvalue weighted by atomic mass is 9.97. The van der Waals surface area contributed by atoms with Crippen LogP contribution in [0.4, 0.5) is 11.4 Å². The maximum Gasteiger partial charge on any atom is 0.337 e. The first-order valence-electron chi connectivity index (χ1n) is 9.68. The average molecular weight is 432 g/mol. The molecule has 0 amide bonds. The van der Waals surface area contributed by atoms with Gasteiger partial charge in [0, 0.05) is 18.8 Å². The summed E-state index contributed by atoms with van der Waals surface area (Å²) in [4.78, 5) is 25.9. The van der Waals surface area contributed by atoms with Crippen molar-refractivity contribution < 1.29 is 27.9 Å². The molecule has 1 aliphatic heterocycles. The molecular weight excluding hydrogens is 408 g/mol. The predicted molar refractivity (Wildman–Crippen MR) is 112 cm³/mol. The van der Waals surface area contributed by atoms with Crippen LogP contribution in [0.5, 0.6) is 0 Å². The lowest BCUT2D eigenvalue weighted by Gasteiger charge is -2.34. The molecule has 0 spiro atoms. The van der Waals surface area contributed by atoms with Gasteiger partial charge in [-0.25, -0.2) is 13.2 Å². The zero-order chi connectivity index (χ0) is 21.7. The molecule has 8 nitrogen and oxygen atoms in total. The summed E-state index contributed by atoms with van der Waals surface area (Å²) in [7, 11) is -3.84. The van der Waals surface area contributed by atoms with Crippen molar-refractivity contribution in [1.29, 1.82) is 0 Å². The van der Waals surface area contributed by atoms with Crippen molar-refractivity contribution in [3.63, 3.8) is 0 Å². The molecule has 1 heterocycles. The van der Waals surface area contributed by atoms with Gasteiger partial charge < -0.3 is 14.7 Å². The van der Waals surface area contributed by atoms with Crippen LogP contribution in [0, 0.1) is 5.92 Å². The average Bonchev–Trinajstić information content (AvgIpc) is 2.74. The first-order chi connectivity index (χ1) is 14.3. The number of carbonyl (C=O) groups excluding carboxylic acids is 1. The first-order valence-corrected chi connectivity index (χ1v) is 11.2. The van der Waals surface area contributed by atoms with Gasteiger partial charge in [-0.15, -0.1) is 0 Å². The Morgan fingerprint density at radius 3 is 2.60 bits per heavy atom. The summed E-state index contributed by atoms with van der Waals surface area (Å²) in [6, 6.07) is 12.2. The number of rotatable bonds is 7. The number of hydrogen-bond acceptors (Lipinski definition) is 6. The number of sulfonamides is 1. The summed E-state index contributed by atoms with van der Waals surface area (Å²) in [5.41, 5.74) is 0.561. The number of anilines is 2. The van der Waals surface area contributed by atoms with Gasteiger partial charge in [0.2, 0.25) is 0 Å². The topological polar surface area (TPSA) is 113 Å². The van der Waals surface area contributed by atoms with Gasteiger partial charge in [-0.1, -0.05) is 18.2 Å². The number of carboxylic acid groups (broad SMARTS) is 1. The number of piperidine rings is 1. The van der Waals surface area contributed by atoms with E-state index < -0.39 is 16.0 Å². The minimum atomic E-state index is -3.84. The molecule has 0 aromatic heterocycles. The molecule has 9 heteroatoms. The summed E-state index contributed by atoms with van der Waals surface area (Å²) in [5.74, 6) is -1.79. The van der Waals surface area contributed by atoms with Crippen LogP contribution < -0.4 is 9.62 Å². The highest BCUT2D eigenvalue weighted by atomic mass is 32.2. The normalized spacial score (nSPS) is 16.7. The van der Waals surface area contributed by atoms with Crippen LogP contribution in [0.2, 0.25) is 0 Å². The van der Waals surface area contributed by atoms with E-state index in [1.807, 2.05) is 4.90 Å². The van der Waals surface area contributed by atoms with Crippen molar-refractivity contribution in [2.24, 2.45) is 5.92 Å². The van der Waals surface area contributed by atoms with Gasteiger partial charge in [-0.05, 0) is 50.1 Å². The second-order valence-corrected chi connectivity index (χ2v) is 8.68. The van der Waals surface area contributed by atoms with E-state index in [9.17, 15) is 23.1 Å². The molecule has 0 aliphatic carbocycles. The molecule has 160 valence electrons. The lowest BCUT2D eigenvalue weighted by Crippen LogP contribution is -2.40. The highest BCUT2D eigenvalue weighted by Crippen LogP contribution is 2.30. The largest absolute Gasteiger partial charge is 0.478 e. The van der Waals surface area contributed by atoms with Gasteiger partial charge in [0.05, 0.1) is 28.7 Å². The molecule has 30 heavy (non-hydrogen) atoms. The van der Waals surface area contributed by atoms with Gasteiger partial charge in [0.1, 0.15) is 0 Å². The SMILES string of the molecule is CCOC(=O)[C@H]1CCCN(c2ccc(NS(=O)(=O)c3ccccc3)cc2C(=O)O)C1. The van der Waals surface area contributed by atoms with E-state index in [1.54, 1.807) is 31.2 Å². The van der Waals surface area contributed by atoms with E-state index in [1.165, 1.54) is 24.3 Å². The van der Waals surface area contributed by atoms with Gasteiger partial charge in [-0.3, -0.25) is 9.52 Å². The number of ether oxygens (including phenoxy) is 1. The molecule has 1 fully saturated rings. The Morgan fingerprint density at radius 1 is 1.20 bits per heavy atom. The number of nitrogens with one attached hydrogen (secondary N) is 1. The summed E-state index contributed by atoms with van der Waals surface area (Å²) in [6.45, 7) is 3.00. The number of nitrogens with zero attached hydrogens (tertiary/aromatic N) is 1. The van der Waals surface area contributed by atoms with Crippen LogP contribution in [-0.2, 0) is 19.6 Å². The smallest absolute Gasteiger partial charge is 0.337 e. The zero-order valence-electron chi connectivity index (χ0n) is 16.6. The van der Waals surface area contributed by atoms with Gasteiger partial charge in [0.25, 0.3) is 10.0 Å². The molecule has 2 N–H and O–H groups in total. The lowest BCUT2D eigenvalue weighted by molar-refractivity contribution is -0.148. The third-order valence-electron chi connectivity index (χ3n) is 4.91. The van der Waals surface area contributed by atoms with Gasteiger partial charge >= 0.3 is 11.9 Å². The summed E-state index contributed by atoms with van der Waals surface area (Å²) in [6.07, 6.45) is 1.41. The third-order valence-corrected chi connectivity index (χ3v) is 6.31. The molecule has 1 atom stereocenters. The molecule has 2 aromatic rings. The van der Waals surface area contributed by atoms with Crippen molar-refractivity contribution in [3.05, 3.63) is 54.1 Å². The monoisotopic (exact) mass is 432 g/mol. The quantitative estimate of drug-likeness (QED) is 0.647. The van der Waals surface area contributed by atoms with E-state index in [4.69, 9.17) is 4.74 Å². The molecule has 3 rings (SSSR count). The number of aromatic carboxylic acids is 1. The Hall–Kier alpha value is -3.07. The van der Waals surface area contributed by atoms with Crippen molar-refractivity contribution in [3.8, 4) is 0 Å². The van der Waals surface area contributed by atoms with Crippen LogP contribution in [0.25, 0.3) is 0 Å². The molecule has 1 aliphatic rings. The maximum absolute atomic E-state index is 12.5.